The number of carbonyl (C=O) groups excluding carboxylic acids is 1. The Bertz CT molecular complexity index is 1950. The average Bonchev–Trinajstić information content (AvgIpc) is 3.03. The van der Waals surface area contributed by atoms with E-state index in [9.17, 15) is 28.9 Å². The number of carbonyl (C=O) groups is 2. The van der Waals surface area contributed by atoms with E-state index in [1.807, 2.05) is 6.07 Å². The molecule has 2 aromatic rings. The highest BCUT2D eigenvalue weighted by atomic mass is 35.5. The number of ketones is 1. The van der Waals surface area contributed by atoms with Gasteiger partial charge in [-0.15, -0.1) is 0 Å². The Morgan fingerprint density at radius 1 is 1.11 bits per heavy atom. The van der Waals surface area contributed by atoms with Crippen LogP contribution in [0.1, 0.15) is 66.1 Å². The zero-order valence-electron chi connectivity index (χ0n) is 25.6. The van der Waals surface area contributed by atoms with Gasteiger partial charge in [-0.3, -0.25) is 9.36 Å². The van der Waals surface area contributed by atoms with Gasteiger partial charge in [0, 0.05) is 52.8 Å². The number of aromatic carboxylic acids is 1. The maximum absolute atomic E-state index is 13.4. The number of carboxylic acids is 1. The minimum absolute atomic E-state index is 0.00443. The fraction of sp³-hybridized carbons (Fsp3) is 0.382. The number of carboxylic acid groups (broad SMARTS) is 1. The minimum atomic E-state index is -4.36. The highest BCUT2D eigenvalue weighted by molar-refractivity contribution is 7.61. The molecule has 2 aromatic carbocycles. The Morgan fingerprint density at radius 3 is 2.59 bits per heavy atom. The molecule has 1 unspecified atom stereocenters. The summed E-state index contributed by atoms with van der Waals surface area (Å²) in [5.74, 6) is -1.24. The topological polar surface area (TPSA) is 160 Å². The molecular formula is C34H36ClN2O8P. The molecule has 0 bridgehead atoms. The maximum atomic E-state index is 13.4. The van der Waals surface area contributed by atoms with Crippen molar-refractivity contribution in [2.24, 2.45) is 5.73 Å². The Morgan fingerprint density at radius 2 is 1.87 bits per heavy atom. The van der Waals surface area contributed by atoms with Gasteiger partial charge in [-0.25, -0.2) is 4.79 Å². The smallest absolute Gasteiger partial charge is 0.358 e. The molecule has 0 aromatic heterocycles. The van der Waals surface area contributed by atoms with Crippen LogP contribution in [0.5, 0.6) is 0 Å². The van der Waals surface area contributed by atoms with Gasteiger partial charge < -0.3 is 34.4 Å². The predicted molar refractivity (Wildman–Crippen MR) is 178 cm³/mol. The number of unbranched alkanes of at least 4 members (excludes halogenated alkanes) is 1. The molecule has 46 heavy (non-hydrogen) atoms. The van der Waals surface area contributed by atoms with Crippen LogP contribution in [0.15, 0.2) is 39.5 Å². The van der Waals surface area contributed by atoms with E-state index in [0.29, 0.717) is 41.5 Å². The number of benzene rings is 3. The third-order valence-corrected chi connectivity index (χ3v) is 10.7. The summed E-state index contributed by atoms with van der Waals surface area (Å²) in [5, 5.41) is 10.8. The van der Waals surface area contributed by atoms with E-state index in [1.165, 1.54) is 25.1 Å². The molecule has 3 aliphatic heterocycles. The lowest BCUT2D eigenvalue weighted by atomic mass is 9.84. The second-order valence-electron chi connectivity index (χ2n) is 12.1. The normalized spacial score (nSPS) is 15.6. The molecule has 0 amide bonds. The van der Waals surface area contributed by atoms with E-state index in [1.54, 1.807) is 6.07 Å². The summed E-state index contributed by atoms with van der Waals surface area (Å²) in [6, 6.07) is 7.59. The zero-order chi connectivity index (χ0) is 32.7. The molecule has 242 valence electrons. The highest BCUT2D eigenvalue weighted by Crippen LogP contribution is 2.50. The largest absolute Gasteiger partial charge is 0.478 e. The lowest BCUT2D eigenvalue weighted by molar-refractivity contribution is -0.116. The number of halogens is 1. The monoisotopic (exact) mass is 666 g/mol. The van der Waals surface area contributed by atoms with Crippen molar-refractivity contribution in [3.63, 3.8) is 0 Å². The quantitative estimate of drug-likeness (QED) is 0.103. The number of hydrogen-bond donors (Lipinski definition) is 3. The zero-order valence-corrected chi connectivity index (χ0v) is 27.2. The summed E-state index contributed by atoms with van der Waals surface area (Å²) >= 11 is 6.75. The second-order valence-corrected chi connectivity index (χ2v) is 14.2. The number of hydrogen-bond acceptors (Lipinski definition) is 8. The molecule has 3 heterocycles. The molecule has 10 nitrogen and oxygen atoms in total. The summed E-state index contributed by atoms with van der Waals surface area (Å²) in [4.78, 5) is 51.3. The lowest BCUT2D eigenvalue weighted by Crippen LogP contribution is -2.34. The van der Waals surface area contributed by atoms with Crippen molar-refractivity contribution >= 4 is 52.9 Å². The predicted octanol–water partition coefficient (Wildman–Crippen LogP) is 5.70. The number of nitrogens with zero attached hydrogens (tertiary/aromatic N) is 1. The molecule has 6 rings (SSSR count). The number of nitrogens with two attached hydrogens (primary N) is 1. The van der Waals surface area contributed by atoms with Crippen LogP contribution in [0.2, 0.25) is 5.02 Å². The second kappa shape index (κ2) is 12.9. The van der Waals surface area contributed by atoms with Gasteiger partial charge in [0.2, 0.25) is 5.43 Å². The lowest BCUT2D eigenvalue weighted by Gasteiger charge is -2.37. The first kappa shape index (κ1) is 32.4. The van der Waals surface area contributed by atoms with E-state index in [2.05, 4.69) is 4.90 Å². The van der Waals surface area contributed by atoms with Gasteiger partial charge in [0.15, 0.2) is 5.76 Å². The van der Waals surface area contributed by atoms with E-state index in [4.69, 9.17) is 26.3 Å². The van der Waals surface area contributed by atoms with Gasteiger partial charge in [-0.1, -0.05) is 11.6 Å². The number of Topliss-reactive ketones (excluding diaryl/α,β-unsaturated/α-hetero) is 1. The molecule has 0 saturated heterocycles. The summed E-state index contributed by atoms with van der Waals surface area (Å²) in [6.07, 6.45) is 4.76. The van der Waals surface area contributed by atoms with Crippen LogP contribution in [0, 0.1) is 0 Å². The number of rotatable bonds is 11. The Labute approximate surface area is 271 Å². The molecule has 1 aliphatic carbocycles. The minimum Gasteiger partial charge on any atom is -0.478 e. The fourth-order valence-electron chi connectivity index (χ4n) is 6.73. The fourth-order valence-corrected chi connectivity index (χ4v) is 8.07. The van der Waals surface area contributed by atoms with Gasteiger partial charge in [0.05, 0.1) is 17.5 Å². The van der Waals surface area contributed by atoms with Crippen LogP contribution >= 0.6 is 19.2 Å². The van der Waals surface area contributed by atoms with E-state index < -0.39 is 19.0 Å². The van der Waals surface area contributed by atoms with Crippen molar-refractivity contribution in [1.82, 2.24) is 0 Å². The Hall–Kier alpha value is -3.53. The van der Waals surface area contributed by atoms with Crippen LogP contribution < -0.4 is 21.4 Å². The van der Waals surface area contributed by atoms with Crippen molar-refractivity contribution in [2.45, 2.75) is 58.3 Å². The van der Waals surface area contributed by atoms with Gasteiger partial charge in [-0.05, 0) is 99.9 Å². The van der Waals surface area contributed by atoms with E-state index in [-0.39, 0.29) is 58.0 Å². The molecular weight excluding hydrogens is 631 g/mol. The first-order valence-electron chi connectivity index (χ1n) is 15.6. The van der Waals surface area contributed by atoms with E-state index in [0.717, 1.165) is 55.6 Å². The number of fused-ring (bicyclic) bond motifs is 3. The van der Waals surface area contributed by atoms with Gasteiger partial charge in [0.1, 0.15) is 16.4 Å². The number of anilines is 1. The van der Waals surface area contributed by atoms with Crippen LogP contribution in [0.25, 0.3) is 33.4 Å². The molecule has 0 spiro atoms. The third-order valence-electron chi connectivity index (χ3n) is 8.91. The van der Waals surface area contributed by atoms with Crippen molar-refractivity contribution in [3.8, 4) is 22.5 Å². The molecule has 0 radical (unpaired) electrons. The summed E-state index contributed by atoms with van der Waals surface area (Å²) in [7, 11) is -4.36. The number of aryl methyl sites for hydroxylation is 3. The average molecular weight is 667 g/mol. The van der Waals surface area contributed by atoms with Crippen LogP contribution in [0.3, 0.4) is 0 Å². The Kier molecular flexibility index (Phi) is 9.11. The van der Waals surface area contributed by atoms with Crippen LogP contribution in [-0.4, -0.2) is 48.0 Å². The molecule has 4 N–H and O–H groups in total. The SMILES string of the molecule is CC(=O)CCc1cc2c(-c3cc(P(=O)(O)OCCCCN)ccc3C(=O)O)c3cc4c5c(c3oc-2c(Cl)c1=O)CCCN5CCC4. The molecule has 4 aliphatic rings. The summed E-state index contributed by atoms with van der Waals surface area (Å²) < 4.78 is 25.4. The van der Waals surface area contributed by atoms with Crippen LogP contribution in [0.4, 0.5) is 5.69 Å². The van der Waals surface area contributed by atoms with Crippen molar-refractivity contribution in [3.05, 3.63) is 67.8 Å². The molecule has 1 atom stereocenters. The van der Waals surface area contributed by atoms with E-state index >= 15 is 0 Å². The highest BCUT2D eigenvalue weighted by Gasteiger charge is 2.33. The first-order valence-corrected chi connectivity index (χ1v) is 17.5. The van der Waals surface area contributed by atoms with Gasteiger partial charge >= 0.3 is 13.6 Å². The standard InChI is InChI=1S/C34H36ClN2O8P/c1-19(38)8-9-21-17-27-28(25-18-22(10-11-23(25)34(40)41)46(42,43)44-15-3-2-12-36)26-16-20-6-4-13-37-14-5-7-24(30(20)37)32(26)45-33(27)29(35)31(21)39/h10-11,16-18H,2-9,12-15,36H2,1H3,(H,40,41)(H,42,43). The van der Waals surface area contributed by atoms with Crippen LogP contribution in [-0.2, 0) is 33.1 Å². The third kappa shape index (κ3) is 5.89. The maximum Gasteiger partial charge on any atom is 0.358 e. The van der Waals surface area contributed by atoms with Crippen molar-refractivity contribution in [2.75, 3.05) is 31.1 Å². The summed E-state index contributed by atoms with van der Waals surface area (Å²) in [5.41, 5.74) is 9.91. The van der Waals surface area contributed by atoms with Gasteiger partial charge in [0.25, 0.3) is 0 Å². The first-order chi connectivity index (χ1) is 22.0. The van der Waals surface area contributed by atoms with Crippen molar-refractivity contribution < 1.29 is 33.1 Å². The molecule has 0 fully saturated rings. The molecule has 12 heteroatoms. The molecule has 0 saturated carbocycles. The Balaban J connectivity index is 1.70. The van der Waals surface area contributed by atoms with Crippen molar-refractivity contribution in [1.29, 1.82) is 0 Å². The summed E-state index contributed by atoms with van der Waals surface area (Å²) in [6.45, 7) is 3.69. The van der Waals surface area contributed by atoms with Gasteiger partial charge in [-0.2, -0.15) is 0 Å².